The van der Waals surface area contributed by atoms with Crippen LogP contribution >= 0.6 is 0 Å². The van der Waals surface area contributed by atoms with Gasteiger partial charge in [0.05, 0.1) is 19.8 Å². The van der Waals surface area contributed by atoms with Crippen LogP contribution < -0.4 is 15.2 Å². The molecule has 0 amide bonds. The predicted molar refractivity (Wildman–Crippen MR) is 55.4 cm³/mol. The summed E-state index contributed by atoms with van der Waals surface area (Å²) in [6.45, 7) is 0.473. The third-order valence-corrected chi connectivity index (χ3v) is 1.75. The molecule has 0 unspecified atom stereocenters. The minimum Gasteiger partial charge on any atom is -0.496 e. The second-order valence-electron chi connectivity index (χ2n) is 2.57. The van der Waals surface area contributed by atoms with E-state index in [2.05, 4.69) is 4.98 Å². The molecule has 0 bridgehead atoms. The molecule has 0 atom stereocenters. The fourth-order valence-corrected chi connectivity index (χ4v) is 1.12. The van der Waals surface area contributed by atoms with Crippen molar-refractivity contribution in [3.63, 3.8) is 0 Å². The molecule has 0 spiro atoms. The molecule has 0 saturated carbocycles. The van der Waals surface area contributed by atoms with Crippen molar-refractivity contribution in [1.29, 1.82) is 0 Å². The van der Waals surface area contributed by atoms with Crippen molar-refractivity contribution >= 4 is 6.08 Å². The topological polar surface area (TPSA) is 57.4 Å². The summed E-state index contributed by atoms with van der Waals surface area (Å²) in [7, 11) is 3.18. The molecule has 0 radical (unpaired) electrons. The van der Waals surface area contributed by atoms with Crippen LogP contribution in [0.4, 0.5) is 0 Å². The van der Waals surface area contributed by atoms with Crippen molar-refractivity contribution in [3.05, 3.63) is 23.9 Å². The maximum atomic E-state index is 5.37. The summed E-state index contributed by atoms with van der Waals surface area (Å²) >= 11 is 0. The number of hydrogen-bond acceptors (Lipinski definition) is 4. The summed E-state index contributed by atoms with van der Waals surface area (Å²) in [4.78, 5) is 4.06. The van der Waals surface area contributed by atoms with Crippen molar-refractivity contribution in [2.75, 3.05) is 20.8 Å². The number of aromatic nitrogens is 1. The molecule has 1 aromatic heterocycles. The Balaban J connectivity index is 3.12. The molecular formula is C10H14N2O2. The fraction of sp³-hybridized carbons (Fsp3) is 0.300. The molecule has 0 aliphatic rings. The van der Waals surface area contributed by atoms with E-state index in [-0.39, 0.29) is 0 Å². The first-order chi connectivity index (χ1) is 6.83. The Morgan fingerprint density at radius 1 is 1.43 bits per heavy atom. The minimum absolute atomic E-state index is 0.473. The highest BCUT2D eigenvalue weighted by molar-refractivity contribution is 5.62. The Morgan fingerprint density at radius 3 is 2.79 bits per heavy atom. The van der Waals surface area contributed by atoms with Gasteiger partial charge in [-0.1, -0.05) is 6.08 Å². The molecule has 0 fully saturated rings. The lowest BCUT2D eigenvalue weighted by atomic mass is 10.2. The quantitative estimate of drug-likeness (QED) is 0.779. The molecule has 2 N–H and O–H groups in total. The maximum Gasteiger partial charge on any atom is 0.224 e. The number of ether oxygens (including phenoxy) is 2. The maximum absolute atomic E-state index is 5.37. The summed E-state index contributed by atoms with van der Waals surface area (Å²) in [6.07, 6.45) is 5.30. The van der Waals surface area contributed by atoms with Crippen molar-refractivity contribution < 1.29 is 9.47 Å². The van der Waals surface area contributed by atoms with Gasteiger partial charge in [-0.3, -0.25) is 0 Å². The van der Waals surface area contributed by atoms with Gasteiger partial charge < -0.3 is 15.2 Å². The van der Waals surface area contributed by atoms with Crippen LogP contribution in [0.5, 0.6) is 11.6 Å². The van der Waals surface area contributed by atoms with Gasteiger partial charge in [0.1, 0.15) is 5.75 Å². The molecular weight excluding hydrogens is 180 g/mol. The van der Waals surface area contributed by atoms with Crippen LogP contribution in [0.15, 0.2) is 18.3 Å². The molecule has 4 nitrogen and oxygen atoms in total. The lowest BCUT2D eigenvalue weighted by Crippen LogP contribution is -1.96. The zero-order valence-corrected chi connectivity index (χ0v) is 8.36. The van der Waals surface area contributed by atoms with Crippen molar-refractivity contribution in [2.45, 2.75) is 0 Å². The van der Waals surface area contributed by atoms with Crippen LogP contribution in [-0.2, 0) is 0 Å². The van der Waals surface area contributed by atoms with E-state index < -0.39 is 0 Å². The van der Waals surface area contributed by atoms with Crippen LogP contribution in [0.25, 0.3) is 6.08 Å². The fourth-order valence-electron chi connectivity index (χ4n) is 1.12. The highest BCUT2D eigenvalue weighted by atomic mass is 16.5. The first-order valence-corrected chi connectivity index (χ1v) is 4.27. The van der Waals surface area contributed by atoms with Crippen LogP contribution in [0, 0.1) is 0 Å². The summed E-state index contributed by atoms with van der Waals surface area (Å²) in [5.41, 5.74) is 6.18. The Kier molecular flexibility index (Phi) is 3.94. The molecule has 1 rings (SSSR count). The smallest absolute Gasteiger partial charge is 0.224 e. The standard InChI is InChI=1S/C10H14N2O2/c1-13-9-5-7-12-10(14-2)8(9)4-3-6-11/h3-5,7H,6,11H2,1-2H3/b4-3+. The Morgan fingerprint density at radius 2 is 2.21 bits per heavy atom. The van der Waals surface area contributed by atoms with Crippen molar-refractivity contribution in [1.82, 2.24) is 4.98 Å². The van der Waals surface area contributed by atoms with Gasteiger partial charge in [0.25, 0.3) is 0 Å². The average molecular weight is 194 g/mol. The molecule has 0 aliphatic heterocycles. The van der Waals surface area contributed by atoms with Crippen LogP contribution in [0.2, 0.25) is 0 Å². The van der Waals surface area contributed by atoms with E-state index in [0.29, 0.717) is 12.4 Å². The van der Waals surface area contributed by atoms with Crippen LogP contribution in [0.1, 0.15) is 5.56 Å². The van der Waals surface area contributed by atoms with E-state index in [4.69, 9.17) is 15.2 Å². The molecule has 0 saturated heterocycles. The third kappa shape index (κ3) is 2.23. The number of rotatable bonds is 4. The van der Waals surface area contributed by atoms with Gasteiger partial charge in [-0.15, -0.1) is 0 Å². The van der Waals surface area contributed by atoms with Crippen LogP contribution in [-0.4, -0.2) is 25.7 Å². The van der Waals surface area contributed by atoms with Crippen molar-refractivity contribution in [2.24, 2.45) is 5.73 Å². The summed E-state index contributed by atoms with van der Waals surface area (Å²) < 4.78 is 10.3. The molecule has 76 valence electrons. The molecule has 14 heavy (non-hydrogen) atoms. The van der Waals surface area contributed by atoms with Gasteiger partial charge in [-0.2, -0.15) is 0 Å². The van der Waals surface area contributed by atoms with E-state index in [9.17, 15) is 0 Å². The predicted octanol–water partition coefficient (Wildman–Crippen LogP) is 1.07. The first kappa shape index (κ1) is 10.5. The number of methoxy groups -OCH3 is 2. The van der Waals surface area contributed by atoms with Gasteiger partial charge >= 0.3 is 0 Å². The Bertz CT molecular complexity index is 302. The van der Waals surface area contributed by atoms with E-state index in [1.807, 2.05) is 12.2 Å². The minimum atomic E-state index is 0.473. The summed E-state index contributed by atoms with van der Waals surface area (Å²) in [5.74, 6) is 1.26. The summed E-state index contributed by atoms with van der Waals surface area (Å²) in [5, 5.41) is 0. The highest BCUT2D eigenvalue weighted by Gasteiger charge is 2.06. The highest BCUT2D eigenvalue weighted by Crippen LogP contribution is 2.26. The van der Waals surface area contributed by atoms with Gasteiger partial charge in [0.15, 0.2) is 0 Å². The van der Waals surface area contributed by atoms with Gasteiger partial charge in [0, 0.05) is 12.7 Å². The number of hydrogen-bond donors (Lipinski definition) is 1. The largest absolute Gasteiger partial charge is 0.496 e. The van der Waals surface area contributed by atoms with Crippen molar-refractivity contribution in [3.8, 4) is 11.6 Å². The Hall–Kier alpha value is -1.55. The lowest BCUT2D eigenvalue weighted by molar-refractivity contribution is 0.380. The Labute approximate surface area is 83.4 Å². The molecule has 0 aliphatic carbocycles. The molecule has 1 heterocycles. The second-order valence-corrected chi connectivity index (χ2v) is 2.57. The number of pyridine rings is 1. The second kappa shape index (κ2) is 5.24. The third-order valence-electron chi connectivity index (χ3n) is 1.75. The van der Waals surface area contributed by atoms with Crippen LogP contribution in [0.3, 0.4) is 0 Å². The lowest BCUT2D eigenvalue weighted by Gasteiger charge is -2.07. The van der Waals surface area contributed by atoms with Gasteiger partial charge in [0.2, 0.25) is 5.88 Å². The van der Waals surface area contributed by atoms with E-state index >= 15 is 0 Å². The van der Waals surface area contributed by atoms with E-state index in [1.165, 1.54) is 0 Å². The van der Waals surface area contributed by atoms with Gasteiger partial charge in [-0.05, 0) is 12.1 Å². The zero-order chi connectivity index (χ0) is 10.4. The molecule has 4 heteroatoms. The molecule has 1 aromatic rings. The molecule has 0 aromatic carbocycles. The number of nitrogens with zero attached hydrogens (tertiary/aromatic N) is 1. The SMILES string of the molecule is COc1ccnc(OC)c1/C=C/CN. The van der Waals surface area contributed by atoms with E-state index in [1.54, 1.807) is 26.5 Å². The normalized spacial score (nSPS) is 10.5. The monoisotopic (exact) mass is 194 g/mol. The summed E-state index contributed by atoms with van der Waals surface area (Å²) in [6, 6.07) is 1.78. The van der Waals surface area contributed by atoms with E-state index in [0.717, 1.165) is 11.3 Å². The zero-order valence-electron chi connectivity index (χ0n) is 8.36. The van der Waals surface area contributed by atoms with Gasteiger partial charge in [-0.25, -0.2) is 4.98 Å². The number of nitrogens with two attached hydrogens (primary N) is 1. The average Bonchev–Trinajstić information content (AvgIpc) is 2.25. The first-order valence-electron chi connectivity index (χ1n) is 4.27.